The molecule has 8 nitrogen and oxygen atoms in total. The highest BCUT2D eigenvalue weighted by molar-refractivity contribution is 6.36. The van der Waals surface area contributed by atoms with Crippen LogP contribution in [0.4, 0.5) is 5.69 Å². The average Bonchev–Trinajstić information content (AvgIpc) is 3.52. The van der Waals surface area contributed by atoms with Gasteiger partial charge in [0.15, 0.2) is 11.5 Å². The molecule has 1 aromatic heterocycles. The van der Waals surface area contributed by atoms with Crippen molar-refractivity contribution in [2.75, 3.05) is 19.2 Å². The van der Waals surface area contributed by atoms with Crippen LogP contribution in [-0.4, -0.2) is 30.6 Å². The molecule has 0 aliphatic carbocycles. The summed E-state index contributed by atoms with van der Waals surface area (Å²) in [7, 11) is 1.57. The Bertz CT molecular complexity index is 1180. The number of benzene rings is 2. The molecule has 0 radical (unpaired) electrons. The Kier molecular flexibility index (Phi) is 4.59. The molecular weight excluding hydrogens is 400 g/mol. The van der Waals surface area contributed by atoms with Crippen LogP contribution in [0.15, 0.2) is 71.0 Å². The van der Waals surface area contributed by atoms with E-state index >= 15 is 0 Å². The van der Waals surface area contributed by atoms with E-state index in [0.717, 1.165) is 4.90 Å². The molecule has 0 fully saturated rings. The minimum Gasteiger partial charge on any atom is -0.497 e. The number of anilines is 1. The summed E-state index contributed by atoms with van der Waals surface area (Å²) in [5, 5.41) is 3.11. The summed E-state index contributed by atoms with van der Waals surface area (Å²) in [4.78, 5) is 27.7. The van der Waals surface area contributed by atoms with Gasteiger partial charge >= 0.3 is 0 Å². The van der Waals surface area contributed by atoms with Gasteiger partial charge < -0.3 is 23.9 Å². The lowest BCUT2D eigenvalue weighted by molar-refractivity contribution is -0.137. The second kappa shape index (κ2) is 7.56. The first kappa shape index (κ1) is 18.8. The lowest BCUT2D eigenvalue weighted by Crippen LogP contribution is -2.31. The number of amides is 2. The number of ether oxygens (including phenoxy) is 3. The van der Waals surface area contributed by atoms with Crippen molar-refractivity contribution < 1.29 is 28.2 Å². The van der Waals surface area contributed by atoms with Crippen molar-refractivity contribution in [2.24, 2.45) is 0 Å². The minimum absolute atomic E-state index is 0.0383. The Morgan fingerprint density at radius 3 is 2.55 bits per heavy atom. The second-order valence-corrected chi connectivity index (χ2v) is 6.95. The Balaban J connectivity index is 1.53. The van der Waals surface area contributed by atoms with E-state index in [1.807, 2.05) is 0 Å². The molecule has 0 atom stereocenters. The van der Waals surface area contributed by atoms with Crippen molar-refractivity contribution in [3.8, 4) is 17.2 Å². The molecular formula is C23H18N2O6. The van der Waals surface area contributed by atoms with Crippen LogP contribution in [0, 0.1) is 0 Å². The number of methoxy groups -OCH3 is 1. The predicted octanol–water partition coefficient (Wildman–Crippen LogP) is 3.41. The third-order valence-corrected chi connectivity index (χ3v) is 5.08. The maximum atomic E-state index is 13.3. The number of hydrogen-bond donors (Lipinski definition) is 1. The largest absolute Gasteiger partial charge is 0.497 e. The first-order valence-electron chi connectivity index (χ1n) is 9.58. The summed E-state index contributed by atoms with van der Waals surface area (Å²) in [6.07, 6.45) is 1.50. The third kappa shape index (κ3) is 3.38. The highest BCUT2D eigenvalue weighted by Gasteiger charge is 2.39. The number of hydrogen-bond acceptors (Lipinski definition) is 7. The first-order chi connectivity index (χ1) is 15.1. The van der Waals surface area contributed by atoms with Crippen LogP contribution in [0.3, 0.4) is 0 Å². The summed E-state index contributed by atoms with van der Waals surface area (Å²) in [6.45, 7) is 0.184. The van der Waals surface area contributed by atoms with Gasteiger partial charge in [0, 0.05) is 11.8 Å². The van der Waals surface area contributed by atoms with Crippen LogP contribution in [0.1, 0.15) is 11.3 Å². The van der Waals surface area contributed by atoms with Crippen molar-refractivity contribution in [1.29, 1.82) is 0 Å². The van der Waals surface area contributed by atoms with Gasteiger partial charge in [-0.1, -0.05) is 12.1 Å². The molecule has 0 bridgehead atoms. The molecule has 0 spiro atoms. The van der Waals surface area contributed by atoms with Crippen LogP contribution >= 0.6 is 0 Å². The molecule has 31 heavy (non-hydrogen) atoms. The number of carbonyl (C=O) groups excluding carboxylic acids is 2. The van der Waals surface area contributed by atoms with Gasteiger partial charge in [0.05, 0.1) is 25.5 Å². The molecule has 8 heteroatoms. The third-order valence-electron chi connectivity index (χ3n) is 5.08. The van der Waals surface area contributed by atoms with Crippen LogP contribution in [0.25, 0.3) is 5.57 Å². The molecule has 2 aliphatic heterocycles. The predicted molar refractivity (Wildman–Crippen MR) is 110 cm³/mol. The van der Waals surface area contributed by atoms with E-state index in [1.165, 1.54) is 6.26 Å². The number of furan rings is 1. The van der Waals surface area contributed by atoms with Gasteiger partial charge in [0.2, 0.25) is 6.79 Å². The van der Waals surface area contributed by atoms with Gasteiger partial charge in [0.1, 0.15) is 17.2 Å². The molecule has 3 heterocycles. The highest BCUT2D eigenvalue weighted by Crippen LogP contribution is 2.37. The number of carbonyl (C=O) groups is 2. The Hall–Kier alpha value is -4.20. The van der Waals surface area contributed by atoms with Crippen molar-refractivity contribution in [3.05, 3.63) is 77.9 Å². The normalized spacial score (nSPS) is 15.1. The minimum atomic E-state index is -0.440. The molecule has 5 rings (SSSR count). The maximum Gasteiger partial charge on any atom is 0.278 e. The first-order valence-corrected chi connectivity index (χ1v) is 9.58. The van der Waals surface area contributed by atoms with E-state index in [0.29, 0.717) is 34.3 Å². The molecule has 1 N–H and O–H groups in total. The standard InChI is InChI=1S/C23H18N2O6/c1-28-16-7-4-14(5-8-16)20-21(24-15-6-9-18-19(11-15)31-13-30-18)23(27)25(22(20)26)12-17-3-2-10-29-17/h2-11,24H,12-13H2,1H3. The van der Waals surface area contributed by atoms with Crippen molar-refractivity contribution in [2.45, 2.75) is 6.54 Å². The van der Waals surface area contributed by atoms with E-state index in [2.05, 4.69) is 5.32 Å². The van der Waals surface area contributed by atoms with E-state index in [4.69, 9.17) is 18.6 Å². The average molecular weight is 418 g/mol. The summed E-state index contributed by atoms with van der Waals surface area (Å²) in [5.41, 5.74) is 1.66. The zero-order valence-electron chi connectivity index (χ0n) is 16.6. The van der Waals surface area contributed by atoms with Crippen LogP contribution in [-0.2, 0) is 16.1 Å². The van der Waals surface area contributed by atoms with Gasteiger partial charge in [-0.3, -0.25) is 14.5 Å². The number of imide groups is 1. The highest BCUT2D eigenvalue weighted by atomic mass is 16.7. The molecule has 2 aromatic carbocycles. The van der Waals surface area contributed by atoms with Crippen molar-refractivity contribution in [3.63, 3.8) is 0 Å². The number of nitrogens with one attached hydrogen (secondary N) is 1. The van der Waals surface area contributed by atoms with Gasteiger partial charge in [-0.25, -0.2) is 0 Å². The summed E-state index contributed by atoms with van der Waals surface area (Å²) >= 11 is 0. The monoisotopic (exact) mass is 418 g/mol. The fourth-order valence-corrected chi connectivity index (χ4v) is 3.54. The van der Waals surface area contributed by atoms with Gasteiger partial charge in [-0.2, -0.15) is 0 Å². The van der Waals surface area contributed by atoms with E-state index < -0.39 is 11.8 Å². The summed E-state index contributed by atoms with van der Waals surface area (Å²) in [5.74, 6) is 1.52. The fraction of sp³-hybridized carbons (Fsp3) is 0.130. The van der Waals surface area contributed by atoms with E-state index in [9.17, 15) is 9.59 Å². The molecule has 2 aliphatic rings. The molecule has 2 amide bonds. The van der Waals surface area contributed by atoms with Gasteiger partial charge in [-0.05, 0) is 42.0 Å². The van der Waals surface area contributed by atoms with E-state index in [1.54, 1.807) is 61.7 Å². The zero-order chi connectivity index (χ0) is 21.4. The van der Waals surface area contributed by atoms with E-state index in [-0.39, 0.29) is 24.6 Å². The smallest absolute Gasteiger partial charge is 0.278 e. The number of fused-ring (bicyclic) bond motifs is 1. The summed E-state index contributed by atoms with van der Waals surface area (Å²) < 4.78 is 21.3. The second-order valence-electron chi connectivity index (χ2n) is 6.95. The molecule has 0 saturated heterocycles. The SMILES string of the molecule is COc1ccc(C2=C(Nc3ccc4c(c3)OCO4)C(=O)N(Cc3ccco3)C2=O)cc1. The number of nitrogens with zero attached hydrogens (tertiary/aromatic N) is 1. The lowest BCUT2D eigenvalue weighted by atomic mass is 10.0. The van der Waals surface area contributed by atoms with Gasteiger partial charge in [0.25, 0.3) is 11.8 Å². The van der Waals surface area contributed by atoms with Crippen molar-refractivity contribution in [1.82, 2.24) is 4.90 Å². The molecule has 3 aromatic rings. The van der Waals surface area contributed by atoms with Crippen molar-refractivity contribution >= 4 is 23.1 Å². The Labute approximate surface area is 177 Å². The molecule has 0 saturated carbocycles. The molecule has 0 unspecified atom stereocenters. The zero-order valence-corrected chi connectivity index (χ0v) is 16.6. The topological polar surface area (TPSA) is 90.2 Å². The Morgan fingerprint density at radius 2 is 1.81 bits per heavy atom. The Morgan fingerprint density at radius 1 is 1.00 bits per heavy atom. The lowest BCUT2D eigenvalue weighted by Gasteiger charge is -2.13. The van der Waals surface area contributed by atoms with Gasteiger partial charge in [-0.15, -0.1) is 0 Å². The fourth-order valence-electron chi connectivity index (χ4n) is 3.54. The molecule has 156 valence electrons. The van der Waals surface area contributed by atoms with Crippen LogP contribution in [0.2, 0.25) is 0 Å². The number of rotatable bonds is 6. The maximum absolute atomic E-state index is 13.3. The van der Waals surface area contributed by atoms with Crippen LogP contribution < -0.4 is 19.5 Å². The summed E-state index contributed by atoms with van der Waals surface area (Å²) in [6, 6.07) is 15.7. The van der Waals surface area contributed by atoms with Crippen LogP contribution in [0.5, 0.6) is 17.2 Å². The quantitative estimate of drug-likeness (QED) is 0.614.